The summed E-state index contributed by atoms with van der Waals surface area (Å²) < 4.78 is 8.35. The highest BCUT2D eigenvalue weighted by molar-refractivity contribution is 6.74. The number of aliphatic hydroxyl groups excluding tert-OH is 1. The Balaban J connectivity index is 1.93. The van der Waals surface area contributed by atoms with Crippen molar-refractivity contribution < 1.29 is 9.53 Å². The van der Waals surface area contributed by atoms with Crippen LogP contribution in [-0.4, -0.2) is 30.7 Å². The number of aromatic nitrogens is 1. The third kappa shape index (κ3) is 4.25. The molecular weight excluding hydrogens is 302 g/mol. The Morgan fingerprint density at radius 2 is 1.87 bits per heavy atom. The summed E-state index contributed by atoms with van der Waals surface area (Å²) in [6, 6.07) is 8.43. The second-order valence-electron chi connectivity index (χ2n) is 8.04. The Morgan fingerprint density at radius 3 is 2.52 bits per heavy atom. The van der Waals surface area contributed by atoms with Crippen molar-refractivity contribution in [1.29, 1.82) is 0 Å². The lowest BCUT2D eigenvalue weighted by atomic mass is 10.2. The standard InChI is InChI=1S/C19H31NO2Si/c1-15-13-20(18-10-8-7-9-17(15)18)12-11-16(21)14-22-23(5,6)19(2,3)4/h7-10,13,16,21H,11-12,14H2,1-6H3. The van der Waals surface area contributed by atoms with E-state index in [1.54, 1.807) is 0 Å². The van der Waals surface area contributed by atoms with Gasteiger partial charge in [-0.05, 0) is 43.1 Å². The monoisotopic (exact) mass is 333 g/mol. The summed E-state index contributed by atoms with van der Waals surface area (Å²) in [4.78, 5) is 0. The molecule has 4 heteroatoms. The smallest absolute Gasteiger partial charge is 0.192 e. The second kappa shape index (κ2) is 6.79. The molecule has 2 rings (SSSR count). The molecule has 0 saturated carbocycles. The van der Waals surface area contributed by atoms with Crippen molar-refractivity contribution in [2.24, 2.45) is 0 Å². The molecule has 1 aromatic carbocycles. The summed E-state index contributed by atoms with van der Waals surface area (Å²) in [5, 5.41) is 11.8. The fourth-order valence-electron chi connectivity index (χ4n) is 2.51. The van der Waals surface area contributed by atoms with Gasteiger partial charge in [-0.2, -0.15) is 0 Å². The lowest BCUT2D eigenvalue weighted by molar-refractivity contribution is 0.0895. The van der Waals surface area contributed by atoms with Crippen molar-refractivity contribution in [2.75, 3.05) is 6.61 Å². The first-order chi connectivity index (χ1) is 10.6. The van der Waals surface area contributed by atoms with Crippen molar-refractivity contribution in [2.45, 2.75) is 64.9 Å². The molecule has 0 spiro atoms. The van der Waals surface area contributed by atoms with Crippen LogP contribution in [0.15, 0.2) is 30.5 Å². The van der Waals surface area contributed by atoms with Gasteiger partial charge in [-0.1, -0.05) is 39.0 Å². The van der Waals surface area contributed by atoms with Gasteiger partial charge in [-0.25, -0.2) is 0 Å². The Kier molecular flexibility index (Phi) is 5.39. The van der Waals surface area contributed by atoms with E-state index in [1.807, 2.05) is 0 Å². The summed E-state index contributed by atoms with van der Waals surface area (Å²) in [7, 11) is -1.78. The topological polar surface area (TPSA) is 34.4 Å². The zero-order valence-corrected chi connectivity index (χ0v) is 16.4. The van der Waals surface area contributed by atoms with Gasteiger partial charge in [0.1, 0.15) is 0 Å². The molecule has 2 aromatic rings. The van der Waals surface area contributed by atoms with Gasteiger partial charge in [0.25, 0.3) is 0 Å². The summed E-state index contributed by atoms with van der Waals surface area (Å²) in [5.41, 5.74) is 2.52. The lowest BCUT2D eigenvalue weighted by Crippen LogP contribution is -2.42. The van der Waals surface area contributed by atoms with E-state index in [-0.39, 0.29) is 5.04 Å². The molecule has 1 unspecified atom stereocenters. The first-order valence-corrected chi connectivity index (χ1v) is 11.4. The molecule has 0 radical (unpaired) electrons. The molecule has 1 aromatic heterocycles. The number of aryl methyl sites for hydroxylation is 2. The van der Waals surface area contributed by atoms with Crippen LogP contribution in [0.3, 0.4) is 0 Å². The van der Waals surface area contributed by atoms with E-state index in [0.29, 0.717) is 13.0 Å². The Labute approximate surface area is 141 Å². The summed E-state index contributed by atoms with van der Waals surface area (Å²) in [5.74, 6) is 0. The van der Waals surface area contributed by atoms with Crippen LogP contribution >= 0.6 is 0 Å². The van der Waals surface area contributed by atoms with Gasteiger partial charge in [0.2, 0.25) is 0 Å². The minimum atomic E-state index is -1.78. The number of para-hydroxylation sites is 1. The maximum absolute atomic E-state index is 10.3. The highest BCUT2D eigenvalue weighted by atomic mass is 28.4. The van der Waals surface area contributed by atoms with Crippen molar-refractivity contribution in [1.82, 2.24) is 4.57 Å². The predicted octanol–water partition coefficient (Wildman–Crippen LogP) is 4.72. The van der Waals surface area contributed by atoms with Crippen LogP contribution in [0.25, 0.3) is 10.9 Å². The summed E-state index contributed by atoms with van der Waals surface area (Å²) in [6.45, 7) is 14.5. The lowest BCUT2D eigenvalue weighted by Gasteiger charge is -2.36. The van der Waals surface area contributed by atoms with E-state index in [1.165, 1.54) is 16.5 Å². The third-order valence-electron chi connectivity index (χ3n) is 5.13. The average molecular weight is 334 g/mol. The van der Waals surface area contributed by atoms with Crippen LogP contribution in [0, 0.1) is 6.92 Å². The predicted molar refractivity (Wildman–Crippen MR) is 100 cm³/mol. The van der Waals surface area contributed by atoms with Gasteiger partial charge in [0.05, 0.1) is 12.7 Å². The second-order valence-corrected chi connectivity index (χ2v) is 12.8. The molecule has 0 amide bonds. The number of benzene rings is 1. The SMILES string of the molecule is Cc1cn(CCC(O)CO[Si](C)(C)C(C)(C)C)c2ccccc12. The third-order valence-corrected chi connectivity index (χ3v) is 9.63. The van der Waals surface area contributed by atoms with E-state index in [0.717, 1.165) is 6.54 Å². The molecular formula is C19H31NO2Si. The van der Waals surface area contributed by atoms with Crippen molar-refractivity contribution in [3.63, 3.8) is 0 Å². The number of aliphatic hydroxyl groups is 1. The zero-order valence-electron chi connectivity index (χ0n) is 15.4. The van der Waals surface area contributed by atoms with Crippen LogP contribution in [0.1, 0.15) is 32.8 Å². The normalized spacial score (nSPS) is 14.4. The van der Waals surface area contributed by atoms with E-state index >= 15 is 0 Å². The van der Waals surface area contributed by atoms with E-state index in [9.17, 15) is 5.11 Å². The summed E-state index contributed by atoms with van der Waals surface area (Å²) >= 11 is 0. The Hall–Kier alpha value is -1.10. The maximum Gasteiger partial charge on any atom is 0.192 e. The average Bonchev–Trinajstić information content (AvgIpc) is 2.79. The molecule has 23 heavy (non-hydrogen) atoms. The number of hydrogen-bond acceptors (Lipinski definition) is 2. The quantitative estimate of drug-likeness (QED) is 0.776. The number of rotatable bonds is 6. The minimum Gasteiger partial charge on any atom is -0.414 e. The first kappa shape index (κ1) is 18.2. The van der Waals surface area contributed by atoms with Crippen LogP contribution in [0.4, 0.5) is 0 Å². The van der Waals surface area contributed by atoms with Crippen molar-refractivity contribution in [3.05, 3.63) is 36.0 Å². The Morgan fingerprint density at radius 1 is 1.22 bits per heavy atom. The molecule has 0 saturated heterocycles. The van der Waals surface area contributed by atoms with Gasteiger partial charge in [0, 0.05) is 23.6 Å². The van der Waals surface area contributed by atoms with Crippen molar-refractivity contribution in [3.8, 4) is 0 Å². The molecule has 1 N–H and O–H groups in total. The molecule has 1 heterocycles. The molecule has 0 aliphatic rings. The van der Waals surface area contributed by atoms with Crippen LogP contribution in [0.5, 0.6) is 0 Å². The van der Waals surface area contributed by atoms with E-state index in [2.05, 4.69) is 75.8 Å². The molecule has 0 aliphatic heterocycles. The van der Waals surface area contributed by atoms with Crippen molar-refractivity contribution >= 4 is 19.2 Å². The molecule has 128 valence electrons. The van der Waals surface area contributed by atoms with E-state index < -0.39 is 14.4 Å². The number of nitrogens with zero attached hydrogens (tertiary/aromatic N) is 1. The fourth-order valence-corrected chi connectivity index (χ4v) is 3.55. The maximum atomic E-state index is 10.3. The first-order valence-electron chi connectivity index (χ1n) is 8.48. The van der Waals surface area contributed by atoms with Gasteiger partial charge in [-0.15, -0.1) is 0 Å². The fraction of sp³-hybridized carbons (Fsp3) is 0.579. The molecule has 0 aliphatic carbocycles. The number of fused-ring (bicyclic) bond motifs is 1. The Bertz CT molecular complexity index is 655. The van der Waals surface area contributed by atoms with Gasteiger partial charge >= 0.3 is 0 Å². The van der Waals surface area contributed by atoms with Crippen LogP contribution in [0.2, 0.25) is 18.1 Å². The van der Waals surface area contributed by atoms with Gasteiger partial charge in [0.15, 0.2) is 8.32 Å². The van der Waals surface area contributed by atoms with Gasteiger partial charge in [-0.3, -0.25) is 0 Å². The molecule has 3 nitrogen and oxygen atoms in total. The zero-order chi connectivity index (χ0) is 17.3. The largest absolute Gasteiger partial charge is 0.414 e. The van der Waals surface area contributed by atoms with E-state index in [4.69, 9.17) is 4.43 Å². The van der Waals surface area contributed by atoms with Gasteiger partial charge < -0.3 is 14.1 Å². The summed E-state index contributed by atoms with van der Waals surface area (Å²) in [6.07, 6.45) is 2.48. The minimum absolute atomic E-state index is 0.181. The van der Waals surface area contributed by atoms with Crippen LogP contribution in [-0.2, 0) is 11.0 Å². The highest BCUT2D eigenvalue weighted by Crippen LogP contribution is 2.36. The van der Waals surface area contributed by atoms with Crippen LogP contribution < -0.4 is 0 Å². The molecule has 0 bridgehead atoms. The number of hydrogen-bond donors (Lipinski definition) is 1. The molecule has 1 atom stereocenters. The highest BCUT2D eigenvalue weighted by Gasteiger charge is 2.37. The molecule has 0 fully saturated rings.